The molecule has 0 amide bonds. The van der Waals surface area contributed by atoms with Gasteiger partial charge in [-0.3, -0.25) is 0 Å². The molecular formula is C11H12FN3O2. The number of carboxylic acid groups (broad SMARTS) is 1. The number of carboxylic acids is 1. The lowest BCUT2D eigenvalue weighted by Crippen LogP contribution is -2.12. The molecule has 6 heteroatoms. The molecule has 0 saturated carbocycles. The Hall–Kier alpha value is -1.98. The summed E-state index contributed by atoms with van der Waals surface area (Å²) in [6.45, 7) is 3.91. The highest BCUT2D eigenvalue weighted by molar-refractivity contribution is 5.88. The molecule has 2 heterocycles. The van der Waals surface area contributed by atoms with Crippen LogP contribution in [0.4, 0.5) is 4.39 Å². The minimum Gasteiger partial charge on any atom is -0.478 e. The Morgan fingerprint density at radius 3 is 2.88 bits per heavy atom. The van der Waals surface area contributed by atoms with E-state index in [2.05, 4.69) is 10.1 Å². The standard InChI is InChI=1S/C11H12FN3O2/c1-6(2)3-8-7(11(16)17)5-13-10-4-9(12)14-15(8)10/h4-6H,3H2,1-2H3,(H,16,17). The zero-order valence-corrected chi connectivity index (χ0v) is 9.51. The Morgan fingerprint density at radius 2 is 2.29 bits per heavy atom. The number of carbonyl (C=O) groups is 1. The van der Waals surface area contributed by atoms with E-state index >= 15 is 0 Å². The first-order chi connectivity index (χ1) is 7.99. The van der Waals surface area contributed by atoms with Gasteiger partial charge in [-0.15, -0.1) is 5.10 Å². The van der Waals surface area contributed by atoms with E-state index in [4.69, 9.17) is 5.11 Å². The quantitative estimate of drug-likeness (QED) is 0.883. The molecule has 2 aromatic heterocycles. The molecule has 90 valence electrons. The Labute approximate surface area is 96.9 Å². The van der Waals surface area contributed by atoms with Gasteiger partial charge in [0.05, 0.1) is 11.3 Å². The maximum atomic E-state index is 13.1. The summed E-state index contributed by atoms with van der Waals surface area (Å²) in [6, 6.07) is 1.18. The first-order valence-electron chi connectivity index (χ1n) is 5.25. The number of rotatable bonds is 3. The van der Waals surface area contributed by atoms with E-state index < -0.39 is 11.9 Å². The van der Waals surface area contributed by atoms with Crippen LogP contribution in [0.3, 0.4) is 0 Å². The Bertz CT molecular complexity index is 577. The largest absolute Gasteiger partial charge is 0.478 e. The van der Waals surface area contributed by atoms with Crippen LogP contribution in [-0.4, -0.2) is 25.7 Å². The van der Waals surface area contributed by atoms with E-state index in [1.165, 1.54) is 16.8 Å². The van der Waals surface area contributed by atoms with Crippen LogP contribution >= 0.6 is 0 Å². The third kappa shape index (κ3) is 2.11. The van der Waals surface area contributed by atoms with Gasteiger partial charge in [-0.2, -0.15) is 4.39 Å². The van der Waals surface area contributed by atoms with Gasteiger partial charge < -0.3 is 5.11 Å². The second-order valence-electron chi connectivity index (χ2n) is 4.26. The van der Waals surface area contributed by atoms with Gasteiger partial charge in [0.25, 0.3) is 0 Å². The molecule has 0 aliphatic heterocycles. The number of nitrogens with zero attached hydrogens (tertiary/aromatic N) is 3. The molecule has 5 nitrogen and oxygen atoms in total. The first-order valence-corrected chi connectivity index (χ1v) is 5.25. The van der Waals surface area contributed by atoms with Crippen molar-refractivity contribution < 1.29 is 14.3 Å². The minimum atomic E-state index is -1.08. The summed E-state index contributed by atoms with van der Waals surface area (Å²) in [4.78, 5) is 14.9. The molecular weight excluding hydrogens is 225 g/mol. The topological polar surface area (TPSA) is 67.5 Å². The molecule has 2 aromatic rings. The highest BCUT2D eigenvalue weighted by atomic mass is 19.1. The molecule has 0 aliphatic carbocycles. The van der Waals surface area contributed by atoms with E-state index in [-0.39, 0.29) is 11.5 Å². The lowest BCUT2D eigenvalue weighted by molar-refractivity contribution is 0.0694. The molecule has 0 unspecified atom stereocenters. The number of fused-ring (bicyclic) bond motifs is 1. The second kappa shape index (κ2) is 4.12. The fraction of sp³-hybridized carbons (Fsp3) is 0.364. The van der Waals surface area contributed by atoms with E-state index in [9.17, 15) is 9.18 Å². The zero-order chi connectivity index (χ0) is 12.6. The average Bonchev–Trinajstić information content (AvgIpc) is 2.58. The fourth-order valence-electron chi connectivity index (χ4n) is 1.71. The molecule has 0 fully saturated rings. The summed E-state index contributed by atoms with van der Waals surface area (Å²) < 4.78 is 14.3. The summed E-state index contributed by atoms with van der Waals surface area (Å²) in [5.41, 5.74) is 0.860. The Balaban J connectivity index is 2.69. The van der Waals surface area contributed by atoms with Crippen LogP contribution in [0.15, 0.2) is 12.3 Å². The molecule has 0 aromatic carbocycles. The average molecular weight is 237 g/mol. The molecule has 17 heavy (non-hydrogen) atoms. The van der Waals surface area contributed by atoms with Crippen molar-refractivity contribution in [2.24, 2.45) is 5.92 Å². The molecule has 0 spiro atoms. The van der Waals surface area contributed by atoms with Crippen molar-refractivity contribution in [2.45, 2.75) is 20.3 Å². The number of halogens is 1. The predicted molar refractivity (Wildman–Crippen MR) is 58.4 cm³/mol. The van der Waals surface area contributed by atoms with Gasteiger partial charge in [-0.25, -0.2) is 14.3 Å². The minimum absolute atomic E-state index is 0.0642. The van der Waals surface area contributed by atoms with E-state index in [1.54, 1.807) is 0 Å². The van der Waals surface area contributed by atoms with Crippen molar-refractivity contribution in [2.75, 3.05) is 0 Å². The van der Waals surface area contributed by atoms with Crippen LogP contribution in [0.5, 0.6) is 0 Å². The van der Waals surface area contributed by atoms with Crippen molar-refractivity contribution in [3.05, 3.63) is 29.5 Å². The summed E-state index contributed by atoms with van der Waals surface area (Å²) >= 11 is 0. The van der Waals surface area contributed by atoms with Crippen molar-refractivity contribution >= 4 is 11.6 Å². The van der Waals surface area contributed by atoms with Gasteiger partial charge in [0.2, 0.25) is 5.95 Å². The second-order valence-corrected chi connectivity index (χ2v) is 4.26. The molecule has 0 bridgehead atoms. The first kappa shape index (κ1) is 11.5. The van der Waals surface area contributed by atoms with E-state index in [0.717, 1.165) is 0 Å². The molecule has 2 rings (SSSR count). The van der Waals surface area contributed by atoms with Crippen LogP contribution in [-0.2, 0) is 6.42 Å². The van der Waals surface area contributed by atoms with Crippen LogP contribution in [0.2, 0.25) is 0 Å². The molecule has 0 atom stereocenters. The lowest BCUT2D eigenvalue weighted by atomic mass is 10.0. The van der Waals surface area contributed by atoms with Crippen LogP contribution in [0.25, 0.3) is 5.65 Å². The fourth-order valence-corrected chi connectivity index (χ4v) is 1.71. The number of hydrogen-bond acceptors (Lipinski definition) is 3. The van der Waals surface area contributed by atoms with Gasteiger partial charge in [0, 0.05) is 12.3 Å². The zero-order valence-electron chi connectivity index (χ0n) is 9.51. The maximum Gasteiger partial charge on any atom is 0.339 e. The van der Waals surface area contributed by atoms with Gasteiger partial charge in [0.1, 0.15) is 0 Å². The third-order valence-electron chi connectivity index (χ3n) is 2.39. The normalized spacial score (nSPS) is 11.3. The lowest BCUT2D eigenvalue weighted by Gasteiger charge is -2.10. The van der Waals surface area contributed by atoms with Crippen molar-refractivity contribution in [1.82, 2.24) is 14.6 Å². The number of aromatic carboxylic acids is 1. The monoisotopic (exact) mass is 237 g/mol. The smallest absolute Gasteiger partial charge is 0.339 e. The van der Waals surface area contributed by atoms with Crippen LogP contribution in [0.1, 0.15) is 29.9 Å². The van der Waals surface area contributed by atoms with E-state index in [1.807, 2.05) is 13.8 Å². The van der Waals surface area contributed by atoms with Crippen LogP contribution in [0, 0.1) is 11.9 Å². The summed E-state index contributed by atoms with van der Waals surface area (Å²) in [7, 11) is 0. The third-order valence-corrected chi connectivity index (χ3v) is 2.39. The number of aromatic nitrogens is 3. The Kier molecular flexibility index (Phi) is 2.79. The predicted octanol–water partition coefficient (Wildman–Crippen LogP) is 1.77. The molecule has 0 aliphatic rings. The molecule has 1 N–H and O–H groups in total. The van der Waals surface area contributed by atoms with Gasteiger partial charge in [0.15, 0.2) is 5.65 Å². The van der Waals surface area contributed by atoms with E-state index in [0.29, 0.717) is 17.8 Å². The van der Waals surface area contributed by atoms with Gasteiger partial charge in [-0.1, -0.05) is 13.8 Å². The van der Waals surface area contributed by atoms with Crippen molar-refractivity contribution in [3.8, 4) is 0 Å². The van der Waals surface area contributed by atoms with Crippen LogP contribution < -0.4 is 0 Å². The summed E-state index contributed by atoms with van der Waals surface area (Å²) in [5, 5.41) is 12.7. The highest BCUT2D eigenvalue weighted by Crippen LogP contribution is 2.15. The van der Waals surface area contributed by atoms with Gasteiger partial charge in [-0.05, 0) is 12.3 Å². The van der Waals surface area contributed by atoms with Crippen molar-refractivity contribution in [3.63, 3.8) is 0 Å². The molecule has 0 saturated heterocycles. The van der Waals surface area contributed by atoms with Crippen molar-refractivity contribution in [1.29, 1.82) is 0 Å². The maximum absolute atomic E-state index is 13.1. The highest BCUT2D eigenvalue weighted by Gasteiger charge is 2.17. The summed E-state index contributed by atoms with van der Waals surface area (Å²) in [5.74, 6) is -1.50. The SMILES string of the molecule is CC(C)Cc1c(C(=O)O)cnc2cc(F)nn12. The Morgan fingerprint density at radius 1 is 1.59 bits per heavy atom. The summed E-state index contributed by atoms with van der Waals surface area (Å²) in [6.07, 6.45) is 1.75. The molecule has 0 radical (unpaired) electrons. The number of hydrogen-bond donors (Lipinski definition) is 1. The van der Waals surface area contributed by atoms with Gasteiger partial charge >= 0.3 is 5.97 Å².